The molecule has 0 saturated carbocycles. The monoisotopic (exact) mass is 486 g/mol. The van der Waals surface area contributed by atoms with E-state index in [-0.39, 0.29) is 35.6 Å². The summed E-state index contributed by atoms with van der Waals surface area (Å²) in [6.45, 7) is 8.02. The Bertz CT molecular complexity index is 876. The van der Waals surface area contributed by atoms with E-state index in [9.17, 15) is 14.4 Å². The molecule has 3 unspecified atom stereocenters. The first-order valence-electron chi connectivity index (χ1n) is 12.7. The highest BCUT2D eigenvalue weighted by atomic mass is 16.5. The number of hydrazine groups is 1. The first kappa shape index (κ1) is 25.6. The third-order valence-electron chi connectivity index (χ3n) is 7.16. The number of piperazine rings is 1. The number of methoxy groups -OCH3 is 1. The molecule has 192 valence electrons. The maximum absolute atomic E-state index is 13.7. The molecule has 3 aliphatic rings. The Hall–Kier alpha value is -2.53. The second-order valence-corrected chi connectivity index (χ2v) is 9.58. The molecule has 1 aromatic carbocycles. The molecule has 3 heterocycles. The van der Waals surface area contributed by atoms with Crippen molar-refractivity contribution in [1.82, 2.24) is 25.4 Å². The van der Waals surface area contributed by atoms with Crippen molar-refractivity contribution >= 4 is 23.4 Å². The fourth-order valence-corrected chi connectivity index (χ4v) is 5.23. The van der Waals surface area contributed by atoms with Crippen LogP contribution < -0.4 is 15.8 Å². The van der Waals surface area contributed by atoms with Crippen LogP contribution in [0.2, 0.25) is 0 Å². The van der Waals surface area contributed by atoms with E-state index in [4.69, 9.17) is 4.74 Å². The number of nitrogens with one attached hydrogen (secondary N) is 2. The number of para-hydroxylation sites is 1. The highest BCUT2D eigenvalue weighted by molar-refractivity contribution is 5.98. The van der Waals surface area contributed by atoms with Gasteiger partial charge in [0.25, 0.3) is 0 Å². The number of carbonyl (C=O) groups is 3. The molecule has 3 saturated heterocycles. The maximum atomic E-state index is 13.7. The molecule has 3 amide bonds. The predicted molar refractivity (Wildman–Crippen MR) is 132 cm³/mol. The highest BCUT2D eigenvalue weighted by Gasteiger charge is 2.51. The minimum atomic E-state index is -0.331. The Morgan fingerprint density at radius 3 is 2.51 bits per heavy atom. The number of amides is 3. The van der Waals surface area contributed by atoms with Crippen molar-refractivity contribution in [3.8, 4) is 0 Å². The summed E-state index contributed by atoms with van der Waals surface area (Å²) in [6, 6.07) is 9.29. The summed E-state index contributed by atoms with van der Waals surface area (Å²) in [7, 11) is 1.66. The lowest BCUT2D eigenvalue weighted by Gasteiger charge is -2.42. The van der Waals surface area contributed by atoms with Gasteiger partial charge in [0.2, 0.25) is 17.7 Å². The van der Waals surface area contributed by atoms with Crippen LogP contribution in [-0.4, -0.2) is 111 Å². The summed E-state index contributed by atoms with van der Waals surface area (Å²) in [5.41, 5.74) is 4.16. The Balaban J connectivity index is 1.42. The van der Waals surface area contributed by atoms with Gasteiger partial charge in [0.1, 0.15) is 0 Å². The van der Waals surface area contributed by atoms with Crippen LogP contribution in [0.1, 0.15) is 13.3 Å². The summed E-state index contributed by atoms with van der Waals surface area (Å²) >= 11 is 0. The van der Waals surface area contributed by atoms with E-state index in [1.165, 1.54) is 0 Å². The second-order valence-electron chi connectivity index (χ2n) is 9.58. The zero-order valence-corrected chi connectivity index (χ0v) is 20.8. The number of benzene rings is 1. The van der Waals surface area contributed by atoms with Crippen molar-refractivity contribution in [2.45, 2.75) is 19.4 Å². The van der Waals surface area contributed by atoms with E-state index in [1.54, 1.807) is 12.1 Å². The summed E-state index contributed by atoms with van der Waals surface area (Å²) in [6.07, 6.45) is 0.914. The Morgan fingerprint density at radius 1 is 1.09 bits per heavy atom. The minimum absolute atomic E-state index is 0.00373. The highest BCUT2D eigenvalue weighted by Crippen LogP contribution is 2.32. The third kappa shape index (κ3) is 6.00. The van der Waals surface area contributed by atoms with Gasteiger partial charge in [0, 0.05) is 59.5 Å². The molecular formula is C25H38N6O4. The van der Waals surface area contributed by atoms with Crippen molar-refractivity contribution in [1.29, 1.82) is 0 Å². The van der Waals surface area contributed by atoms with Crippen LogP contribution in [0.5, 0.6) is 0 Å². The fourth-order valence-electron chi connectivity index (χ4n) is 5.23. The molecule has 0 bridgehead atoms. The molecule has 3 aliphatic heterocycles. The normalized spacial score (nSPS) is 25.5. The Kier molecular flexibility index (Phi) is 8.72. The molecule has 10 nitrogen and oxygen atoms in total. The number of rotatable bonds is 9. The number of piperidine rings is 1. The molecule has 0 radical (unpaired) electrons. The van der Waals surface area contributed by atoms with Gasteiger partial charge in [0.15, 0.2) is 0 Å². The van der Waals surface area contributed by atoms with Gasteiger partial charge < -0.3 is 15.0 Å². The third-order valence-corrected chi connectivity index (χ3v) is 7.16. The summed E-state index contributed by atoms with van der Waals surface area (Å²) in [5.74, 6) is -0.511. The van der Waals surface area contributed by atoms with Crippen molar-refractivity contribution < 1.29 is 19.1 Å². The number of likely N-dealkylation sites (tertiary alicyclic amines) is 1. The van der Waals surface area contributed by atoms with E-state index in [0.717, 1.165) is 12.1 Å². The lowest BCUT2D eigenvalue weighted by atomic mass is 9.83. The molecule has 35 heavy (non-hydrogen) atoms. The van der Waals surface area contributed by atoms with Gasteiger partial charge in [-0.2, -0.15) is 0 Å². The fraction of sp³-hybridized carbons (Fsp3) is 0.640. The molecule has 2 N–H and O–H groups in total. The van der Waals surface area contributed by atoms with E-state index < -0.39 is 0 Å². The Labute approximate surface area is 207 Å². The summed E-state index contributed by atoms with van der Waals surface area (Å²) in [5, 5.41) is 4.53. The summed E-state index contributed by atoms with van der Waals surface area (Å²) < 4.78 is 5.27. The van der Waals surface area contributed by atoms with Gasteiger partial charge >= 0.3 is 0 Å². The second kappa shape index (κ2) is 11.9. The average molecular weight is 487 g/mol. The number of nitrogens with zero attached hydrogens (tertiary/aromatic N) is 4. The topological polar surface area (TPSA) is 97.5 Å². The standard InChI is InChI=1S/C25H38N6O4/c1-3-9-26-22(32)18-28-10-12-30(13-11-28)24(33)20-16-29(14-15-35-2)17-21-23(20)27-31(25(21)34)19-7-5-4-6-8-19/h4-8,20-21,23,27H,3,9-18H2,1-2H3,(H,26,32). The van der Waals surface area contributed by atoms with Gasteiger partial charge in [-0.3, -0.25) is 24.2 Å². The minimum Gasteiger partial charge on any atom is -0.383 e. The van der Waals surface area contributed by atoms with Crippen molar-refractivity contribution in [3.63, 3.8) is 0 Å². The van der Waals surface area contributed by atoms with Crippen LogP contribution in [0, 0.1) is 11.8 Å². The van der Waals surface area contributed by atoms with E-state index in [0.29, 0.717) is 65.5 Å². The molecule has 0 aromatic heterocycles. The first-order chi connectivity index (χ1) is 17.0. The molecule has 0 spiro atoms. The largest absolute Gasteiger partial charge is 0.383 e. The molecular weight excluding hydrogens is 448 g/mol. The van der Waals surface area contributed by atoms with Crippen LogP contribution in [0.3, 0.4) is 0 Å². The van der Waals surface area contributed by atoms with Crippen LogP contribution in [-0.2, 0) is 19.1 Å². The lowest BCUT2D eigenvalue weighted by Crippen LogP contribution is -2.60. The predicted octanol–water partition coefficient (Wildman–Crippen LogP) is -0.229. The molecule has 3 atom stereocenters. The maximum Gasteiger partial charge on any atom is 0.247 e. The van der Waals surface area contributed by atoms with E-state index in [2.05, 4.69) is 20.5 Å². The lowest BCUT2D eigenvalue weighted by molar-refractivity contribution is -0.141. The number of ether oxygens (including phenoxy) is 1. The number of fused-ring (bicyclic) bond motifs is 1. The van der Waals surface area contributed by atoms with Crippen LogP contribution in [0.15, 0.2) is 30.3 Å². The number of carbonyl (C=O) groups excluding carboxylic acids is 3. The molecule has 0 aliphatic carbocycles. The smallest absolute Gasteiger partial charge is 0.247 e. The van der Waals surface area contributed by atoms with E-state index >= 15 is 0 Å². The average Bonchev–Trinajstić information content (AvgIpc) is 3.22. The molecule has 10 heteroatoms. The SMILES string of the molecule is CCCNC(=O)CN1CCN(C(=O)C2CN(CCOC)CC3C(=O)N(c4ccccc4)NC23)CC1. The first-order valence-corrected chi connectivity index (χ1v) is 12.7. The van der Waals surface area contributed by atoms with Crippen LogP contribution in [0.25, 0.3) is 0 Å². The van der Waals surface area contributed by atoms with E-state index in [1.807, 2.05) is 42.2 Å². The Morgan fingerprint density at radius 2 is 1.83 bits per heavy atom. The summed E-state index contributed by atoms with van der Waals surface area (Å²) in [4.78, 5) is 45.3. The van der Waals surface area contributed by atoms with Crippen molar-refractivity contribution in [3.05, 3.63) is 30.3 Å². The van der Waals surface area contributed by atoms with Gasteiger partial charge in [-0.25, -0.2) is 10.4 Å². The zero-order chi connectivity index (χ0) is 24.8. The zero-order valence-electron chi connectivity index (χ0n) is 20.8. The number of hydrogen-bond donors (Lipinski definition) is 2. The van der Waals surface area contributed by atoms with Gasteiger partial charge in [0.05, 0.1) is 36.7 Å². The number of anilines is 1. The van der Waals surface area contributed by atoms with Crippen LogP contribution in [0.4, 0.5) is 5.69 Å². The van der Waals surface area contributed by atoms with Gasteiger partial charge in [-0.1, -0.05) is 25.1 Å². The van der Waals surface area contributed by atoms with Gasteiger partial charge in [-0.05, 0) is 18.6 Å². The van der Waals surface area contributed by atoms with Crippen molar-refractivity contribution in [2.24, 2.45) is 11.8 Å². The quantitative estimate of drug-likeness (QED) is 0.498. The number of hydrogen-bond acceptors (Lipinski definition) is 7. The van der Waals surface area contributed by atoms with Gasteiger partial charge in [-0.15, -0.1) is 0 Å². The molecule has 4 rings (SSSR count). The van der Waals surface area contributed by atoms with Crippen LogP contribution >= 0.6 is 0 Å². The molecule has 3 fully saturated rings. The van der Waals surface area contributed by atoms with Crippen molar-refractivity contribution in [2.75, 3.05) is 77.6 Å². The molecule has 1 aromatic rings.